The number of benzene rings is 2. The average Bonchev–Trinajstić information content (AvgIpc) is 2.72. The number of piperidine rings is 1. The average molecular weight is 411 g/mol. The van der Waals surface area contributed by atoms with E-state index in [9.17, 15) is 14.0 Å². The number of ketones is 1. The lowest BCUT2D eigenvalue weighted by molar-refractivity contribution is -0.138. The van der Waals surface area contributed by atoms with Gasteiger partial charge in [-0.2, -0.15) is 0 Å². The first-order valence-electron chi connectivity index (χ1n) is 10.6. The van der Waals surface area contributed by atoms with Crippen LogP contribution in [0, 0.1) is 11.7 Å². The summed E-state index contributed by atoms with van der Waals surface area (Å²) in [6.45, 7) is 8.14. The van der Waals surface area contributed by atoms with Crippen molar-refractivity contribution in [1.29, 1.82) is 0 Å². The standard InChI is InChI=1S/C25H31FN2O2/c1-25(2,3)28(17-19-8-7-11-22(26)16-19)23(29)18-27-14-12-21(13-15-27)24(30)20-9-5-4-6-10-20/h4-11,16,21H,12-15,17-18H2,1-3H3. The minimum atomic E-state index is -0.370. The largest absolute Gasteiger partial charge is 0.332 e. The summed E-state index contributed by atoms with van der Waals surface area (Å²) in [5, 5.41) is 0. The Labute approximate surface area is 178 Å². The van der Waals surface area contributed by atoms with Crippen LogP contribution in [0.2, 0.25) is 0 Å². The minimum absolute atomic E-state index is 0.0183. The third-order valence-corrected chi connectivity index (χ3v) is 5.72. The number of hydrogen-bond donors (Lipinski definition) is 0. The molecule has 0 unspecified atom stereocenters. The molecule has 1 fully saturated rings. The highest BCUT2D eigenvalue weighted by molar-refractivity contribution is 5.97. The van der Waals surface area contributed by atoms with Gasteiger partial charge in [-0.3, -0.25) is 14.5 Å². The van der Waals surface area contributed by atoms with Crippen LogP contribution in [0.3, 0.4) is 0 Å². The number of nitrogens with zero attached hydrogens (tertiary/aromatic N) is 2. The van der Waals surface area contributed by atoms with Crippen LogP contribution >= 0.6 is 0 Å². The molecule has 0 N–H and O–H groups in total. The molecule has 0 spiro atoms. The predicted molar refractivity (Wildman–Crippen MR) is 117 cm³/mol. The van der Waals surface area contributed by atoms with E-state index >= 15 is 0 Å². The summed E-state index contributed by atoms with van der Waals surface area (Å²) in [7, 11) is 0. The van der Waals surface area contributed by atoms with Gasteiger partial charge in [0.2, 0.25) is 5.91 Å². The molecule has 0 saturated carbocycles. The van der Waals surface area contributed by atoms with Crippen LogP contribution in [0.5, 0.6) is 0 Å². The molecule has 0 aromatic heterocycles. The Hall–Kier alpha value is -2.53. The number of carbonyl (C=O) groups excluding carboxylic acids is 2. The Morgan fingerprint density at radius 1 is 1.03 bits per heavy atom. The van der Waals surface area contributed by atoms with E-state index in [0.717, 1.165) is 37.1 Å². The van der Waals surface area contributed by atoms with Crippen LogP contribution in [-0.4, -0.2) is 46.7 Å². The van der Waals surface area contributed by atoms with E-state index < -0.39 is 0 Å². The Kier molecular flexibility index (Phi) is 7.03. The van der Waals surface area contributed by atoms with Gasteiger partial charge in [0.05, 0.1) is 6.54 Å². The van der Waals surface area contributed by atoms with E-state index in [1.54, 1.807) is 6.07 Å². The quantitative estimate of drug-likeness (QED) is 0.656. The van der Waals surface area contributed by atoms with E-state index in [1.165, 1.54) is 12.1 Å². The lowest BCUT2D eigenvalue weighted by Gasteiger charge is -2.38. The third kappa shape index (κ3) is 5.76. The van der Waals surface area contributed by atoms with Crippen molar-refractivity contribution in [3.63, 3.8) is 0 Å². The Balaban J connectivity index is 1.58. The summed E-state index contributed by atoms with van der Waals surface area (Å²) in [5.74, 6) is -0.0488. The maximum Gasteiger partial charge on any atom is 0.237 e. The van der Waals surface area contributed by atoms with Gasteiger partial charge in [-0.05, 0) is 64.4 Å². The minimum Gasteiger partial charge on any atom is -0.332 e. The van der Waals surface area contributed by atoms with Crippen molar-refractivity contribution in [2.24, 2.45) is 5.92 Å². The summed E-state index contributed by atoms with van der Waals surface area (Å²) in [5.41, 5.74) is 1.18. The molecular weight excluding hydrogens is 379 g/mol. The zero-order valence-corrected chi connectivity index (χ0v) is 18.1. The van der Waals surface area contributed by atoms with Crippen molar-refractivity contribution >= 4 is 11.7 Å². The number of carbonyl (C=O) groups is 2. The number of Topliss-reactive ketones (excluding diaryl/α,β-unsaturated/α-hetero) is 1. The first-order chi connectivity index (χ1) is 14.2. The highest BCUT2D eigenvalue weighted by atomic mass is 19.1. The fourth-order valence-electron chi connectivity index (χ4n) is 3.99. The molecule has 1 heterocycles. The summed E-state index contributed by atoms with van der Waals surface area (Å²) < 4.78 is 13.6. The van der Waals surface area contributed by atoms with Gasteiger partial charge >= 0.3 is 0 Å². The third-order valence-electron chi connectivity index (χ3n) is 5.72. The Morgan fingerprint density at radius 2 is 1.70 bits per heavy atom. The van der Waals surface area contributed by atoms with Crippen LogP contribution in [0.15, 0.2) is 54.6 Å². The second kappa shape index (κ2) is 9.52. The molecule has 5 heteroatoms. The Morgan fingerprint density at radius 3 is 2.30 bits per heavy atom. The van der Waals surface area contributed by atoms with Crippen LogP contribution < -0.4 is 0 Å². The monoisotopic (exact) mass is 410 g/mol. The molecule has 2 aromatic rings. The van der Waals surface area contributed by atoms with Crippen molar-refractivity contribution in [3.05, 3.63) is 71.5 Å². The van der Waals surface area contributed by atoms with Crippen molar-refractivity contribution in [2.75, 3.05) is 19.6 Å². The molecule has 4 nitrogen and oxygen atoms in total. The summed E-state index contributed by atoms with van der Waals surface area (Å²) >= 11 is 0. The van der Waals surface area contributed by atoms with Crippen molar-refractivity contribution in [3.8, 4) is 0 Å². The van der Waals surface area contributed by atoms with Gasteiger partial charge in [0.25, 0.3) is 0 Å². The molecule has 2 aromatic carbocycles. The smallest absolute Gasteiger partial charge is 0.237 e. The Bertz CT molecular complexity index is 868. The van der Waals surface area contributed by atoms with Gasteiger partial charge in [-0.1, -0.05) is 42.5 Å². The molecule has 1 aliphatic heterocycles. The van der Waals surface area contributed by atoms with Gasteiger partial charge in [0.15, 0.2) is 5.78 Å². The lowest BCUT2D eigenvalue weighted by atomic mass is 9.89. The molecule has 0 radical (unpaired) electrons. The highest BCUT2D eigenvalue weighted by Gasteiger charge is 2.30. The fraction of sp³-hybridized carbons (Fsp3) is 0.440. The van der Waals surface area contributed by atoms with Crippen LogP contribution in [0.4, 0.5) is 4.39 Å². The number of rotatable bonds is 6. The second-order valence-corrected chi connectivity index (χ2v) is 9.06. The molecule has 1 amide bonds. The molecule has 160 valence electrons. The van der Waals surface area contributed by atoms with E-state index in [2.05, 4.69) is 4.90 Å². The molecule has 0 bridgehead atoms. The van der Waals surface area contributed by atoms with Crippen molar-refractivity contribution < 1.29 is 14.0 Å². The summed E-state index contributed by atoms with van der Waals surface area (Å²) in [4.78, 5) is 29.7. The normalized spacial score (nSPS) is 15.7. The zero-order chi connectivity index (χ0) is 21.7. The molecule has 0 atom stereocenters. The van der Waals surface area contributed by atoms with E-state index in [-0.39, 0.29) is 29.0 Å². The number of halogens is 1. The van der Waals surface area contributed by atoms with Crippen molar-refractivity contribution in [2.45, 2.75) is 45.7 Å². The van der Waals surface area contributed by atoms with Gasteiger partial charge < -0.3 is 4.90 Å². The maximum absolute atomic E-state index is 13.6. The second-order valence-electron chi connectivity index (χ2n) is 9.06. The molecule has 3 rings (SSSR count). The van der Waals surface area contributed by atoms with E-state index in [0.29, 0.717) is 13.1 Å². The van der Waals surface area contributed by atoms with Crippen LogP contribution in [-0.2, 0) is 11.3 Å². The predicted octanol–water partition coefficient (Wildman–Crippen LogP) is 4.55. The van der Waals surface area contributed by atoms with Gasteiger partial charge in [0, 0.05) is 23.6 Å². The van der Waals surface area contributed by atoms with E-state index in [4.69, 9.17) is 0 Å². The lowest BCUT2D eigenvalue weighted by Crippen LogP contribution is -2.50. The first-order valence-corrected chi connectivity index (χ1v) is 10.6. The SMILES string of the molecule is CC(C)(C)N(Cc1cccc(F)c1)C(=O)CN1CCC(C(=O)c2ccccc2)CC1. The fourth-order valence-corrected chi connectivity index (χ4v) is 3.99. The topological polar surface area (TPSA) is 40.6 Å². The summed E-state index contributed by atoms with van der Waals surface area (Å²) in [6, 6.07) is 15.8. The molecule has 1 aliphatic rings. The zero-order valence-electron chi connectivity index (χ0n) is 18.1. The van der Waals surface area contributed by atoms with Crippen LogP contribution in [0.25, 0.3) is 0 Å². The van der Waals surface area contributed by atoms with Gasteiger partial charge in [-0.25, -0.2) is 4.39 Å². The van der Waals surface area contributed by atoms with Crippen LogP contribution in [0.1, 0.15) is 49.5 Å². The summed E-state index contributed by atoms with van der Waals surface area (Å²) in [6.07, 6.45) is 1.53. The van der Waals surface area contributed by atoms with Gasteiger partial charge in [-0.15, -0.1) is 0 Å². The number of likely N-dealkylation sites (tertiary alicyclic amines) is 1. The molecular formula is C25H31FN2O2. The van der Waals surface area contributed by atoms with Gasteiger partial charge in [0.1, 0.15) is 5.82 Å². The molecule has 30 heavy (non-hydrogen) atoms. The highest BCUT2D eigenvalue weighted by Crippen LogP contribution is 2.23. The molecule has 1 saturated heterocycles. The molecule has 0 aliphatic carbocycles. The number of hydrogen-bond acceptors (Lipinski definition) is 3. The first kappa shape index (κ1) is 22.2. The number of amides is 1. The van der Waals surface area contributed by atoms with E-state index in [1.807, 2.05) is 62.1 Å². The van der Waals surface area contributed by atoms with Crippen molar-refractivity contribution in [1.82, 2.24) is 9.80 Å². The maximum atomic E-state index is 13.6.